The van der Waals surface area contributed by atoms with Gasteiger partial charge >= 0.3 is 0 Å². The van der Waals surface area contributed by atoms with E-state index in [1.807, 2.05) is 13.8 Å². The third-order valence-corrected chi connectivity index (χ3v) is 7.15. The SMILES string of the molecule is Cc1ccc(Cl)cc1N(CC(=O)N(Cc1ccc(Cl)c(Cl)c1)[C@H](C)C(=O)NC(C)C)S(C)(=O)=O. The summed E-state index contributed by atoms with van der Waals surface area (Å²) in [5.41, 5.74) is 1.55. The number of sulfonamides is 1. The molecule has 0 bridgehead atoms. The van der Waals surface area contributed by atoms with E-state index in [-0.39, 0.29) is 24.2 Å². The number of hydrogen-bond acceptors (Lipinski definition) is 4. The highest BCUT2D eigenvalue weighted by atomic mass is 35.5. The number of carbonyl (C=O) groups is 2. The highest BCUT2D eigenvalue weighted by Crippen LogP contribution is 2.27. The lowest BCUT2D eigenvalue weighted by Crippen LogP contribution is -2.52. The number of amides is 2. The molecule has 0 aliphatic rings. The van der Waals surface area contributed by atoms with Crippen LogP contribution in [0.5, 0.6) is 0 Å². The van der Waals surface area contributed by atoms with Crippen LogP contribution in [0, 0.1) is 6.92 Å². The van der Waals surface area contributed by atoms with Crippen molar-refractivity contribution in [2.75, 3.05) is 17.1 Å². The summed E-state index contributed by atoms with van der Waals surface area (Å²) in [7, 11) is -3.85. The second-order valence-electron chi connectivity index (χ2n) is 8.31. The molecule has 1 atom stereocenters. The fraction of sp³-hybridized carbons (Fsp3) is 0.391. The van der Waals surface area contributed by atoms with E-state index < -0.39 is 28.5 Å². The van der Waals surface area contributed by atoms with Gasteiger partial charge in [0, 0.05) is 17.6 Å². The first-order valence-electron chi connectivity index (χ1n) is 10.5. The number of nitrogens with one attached hydrogen (secondary N) is 1. The number of halogens is 3. The molecular formula is C23H28Cl3N3O4S. The molecule has 2 amide bonds. The molecule has 0 unspecified atom stereocenters. The van der Waals surface area contributed by atoms with E-state index in [9.17, 15) is 18.0 Å². The number of anilines is 1. The van der Waals surface area contributed by atoms with E-state index in [1.165, 1.54) is 11.0 Å². The van der Waals surface area contributed by atoms with Crippen LogP contribution in [0.25, 0.3) is 0 Å². The third-order valence-electron chi connectivity index (χ3n) is 5.05. The minimum Gasteiger partial charge on any atom is -0.352 e. The van der Waals surface area contributed by atoms with Crippen LogP contribution in [-0.2, 0) is 26.2 Å². The number of hydrogen-bond donors (Lipinski definition) is 1. The number of nitrogens with zero attached hydrogens (tertiary/aromatic N) is 2. The van der Waals surface area contributed by atoms with Gasteiger partial charge in [-0.15, -0.1) is 0 Å². The number of carbonyl (C=O) groups excluding carboxylic acids is 2. The number of rotatable bonds is 9. The van der Waals surface area contributed by atoms with Gasteiger partial charge in [-0.3, -0.25) is 13.9 Å². The molecule has 0 aliphatic heterocycles. The van der Waals surface area contributed by atoms with Crippen LogP contribution >= 0.6 is 34.8 Å². The average Bonchev–Trinajstić information content (AvgIpc) is 2.72. The Kier molecular flexibility index (Phi) is 9.65. The second-order valence-corrected chi connectivity index (χ2v) is 11.5. The Morgan fingerprint density at radius 2 is 1.65 bits per heavy atom. The molecule has 0 saturated carbocycles. The molecular weight excluding hydrogens is 521 g/mol. The molecule has 186 valence electrons. The Hall–Kier alpha value is -2.00. The van der Waals surface area contributed by atoms with E-state index in [0.717, 1.165) is 10.6 Å². The maximum Gasteiger partial charge on any atom is 0.244 e. The summed E-state index contributed by atoms with van der Waals surface area (Å²) in [6.45, 7) is 6.43. The summed E-state index contributed by atoms with van der Waals surface area (Å²) in [4.78, 5) is 27.6. The smallest absolute Gasteiger partial charge is 0.244 e. The lowest BCUT2D eigenvalue weighted by molar-refractivity contribution is -0.139. The summed E-state index contributed by atoms with van der Waals surface area (Å²) in [5, 5.41) is 3.78. The van der Waals surface area contributed by atoms with E-state index in [4.69, 9.17) is 34.8 Å². The van der Waals surface area contributed by atoms with Crippen LogP contribution in [0.2, 0.25) is 15.1 Å². The van der Waals surface area contributed by atoms with Crippen molar-refractivity contribution in [2.45, 2.75) is 46.3 Å². The predicted molar refractivity (Wildman–Crippen MR) is 138 cm³/mol. The monoisotopic (exact) mass is 547 g/mol. The zero-order valence-electron chi connectivity index (χ0n) is 19.6. The van der Waals surface area contributed by atoms with Gasteiger partial charge in [-0.1, -0.05) is 46.9 Å². The van der Waals surface area contributed by atoms with Crippen molar-refractivity contribution in [1.82, 2.24) is 10.2 Å². The first kappa shape index (κ1) is 28.2. The first-order chi connectivity index (χ1) is 15.7. The molecule has 2 aromatic carbocycles. The molecule has 0 fully saturated rings. The van der Waals surface area contributed by atoms with Crippen LogP contribution < -0.4 is 9.62 Å². The zero-order valence-corrected chi connectivity index (χ0v) is 22.7. The largest absolute Gasteiger partial charge is 0.352 e. The molecule has 0 saturated heterocycles. The van der Waals surface area contributed by atoms with Crippen molar-refractivity contribution in [1.29, 1.82) is 0 Å². The van der Waals surface area contributed by atoms with E-state index in [0.29, 0.717) is 26.2 Å². The van der Waals surface area contributed by atoms with E-state index in [1.54, 1.807) is 44.2 Å². The quantitative estimate of drug-likeness (QED) is 0.494. The van der Waals surface area contributed by atoms with Crippen LogP contribution in [-0.4, -0.2) is 50.0 Å². The van der Waals surface area contributed by atoms with Crippen molar-refractivity contribution in [3.05, 3.63) is 62.6 Å². The maximum atomic E-state index is 13.5. The van der Waals surface area contributed by atoms with Gasteiger partial charge in [0.05, 0.1) is 22.0 Å². The van der Waals surface area contributed by atoms with Crippen molar-refractivity contribution in [3.8, 4) is 0 Å². The molecule has 1 N–H and O–H groups in total. The molecule has 2 rings (SSSR count). The van der Waals surface area contributed by atoms with Gasteiger partial charge in [-0.2, -0.15) is 0 Å². The maximum absolute atomic E-state index is 13.5. The van der Waals surface area contributed by atoms with Crippen molar-refractivity contribution in [2.24, 2.45) is 0 Å². The molecule has 0 radical (unpaired) electrons. The van der Waals surface area contributed by atoms with Crippen LogP contribution in [0.15, 0.2) is 36.4 Å². The minimum absolute atomic E-state index is 0.0224. The van der Waals surface area contributed by atoms with Gasteiger partial charge in [-0.25, -0.2) is 8.42 Å². The number of aryl methyl sites for hydroxylation is 1. The summed E-state index contributed by atoms with van der Waals surface area (Å²) < 4.78 is 26.3. The van der Waals surface area contributed by atoms with Gasteiger partial charge in [0.15, 0.2) is 0 Å². The Bertz CT molecular complexity index is 1170. The Labute approximate surface area is 216 Å². The van der Waals surface area contributed by atoms with Crippen molar-refractivity contribution < 1.29 is 18.0 Å². The molecule has 2 aromatic rings. The zero-order chi connectivity index (χ0) is 25.8. The summed E-state index contributed by atoms with van der Waals surface area (Å²) in [5.74, 6) is -0.935. The van der Waals surface area contributed by atoms with Gasteiger partial charge in [0.25, 0.3) is 0 Å². The molecule has 0 aliphatic carbocycles. The molecule has 34 heavy (non-hydrogen) atoms. The van der Waals surface area contributed by atoms with E-state index in [2.05, 4.69) is 5.32 Å². The molecule has 0 spiro atoms. The normalized spacial score (nSPS) is 12.4. The topological polar surface area (TPSA) is 86.8 Å². The predicted octanol–water partition coefficient (Wildman–Crippen LogP) is 4.66. The Balaban J connectivity index is 2.46. The lowest BCUT2D eigenvalue weighted by Gasteiger charge is -2.32. The van der Waals surface area contributed by atoms with E-state index >= 15 is 0 Å². The highest BCUT2D eigenvalue weighted by molar-refractivity contribution is 7.92. The summed E-state index contributed by atoms with van der Waals surface area (Å²) in [6, 6.07) is 8.67. The van der Waals surface area contributed by atoms with Gasteiger partial charge < -0.3 is 10.2 Å². The fourth-order valence-corrected chi connectivity index (χ4v) is 4.65. The summed E-state index contributed by atoms with van der Waals surface area (Å²) >= 11 is 18.2. The minimum atomic E-state index is -3.85. The molecule has 11 heteroatoms. The van der Waals surface area contributed by atoms with Crippen molar-refractivity contribution in [3.63, 3.8) is 0 Å². The van der Waals surface area contributed by atoms with Crippen LogP contribution in [0.1, 0.15) is 31.9 Å². The number of benzene rings is 2. The summed E-state index contributed by atoms with van der Waals surface area (Å²) in [6.07, 6.45) is 1.01. The Morgan fingerprint density at radius 1 is 1.00 bits per heavy atom. The second kappa shape index (κ2) is 11.6. The lowest BCUT2D eigenvalue weighted by atomic mass is 10.1. The van der Waals surface area contributed by atoms with Gasteiger partial charge in [0.1, 0.15) is 12.6 Å². The van der Waals surface area contributed by atoms with Crippen molar-refractivity contribution >= 4 is 62.3 Å². The molecule has 0 heterocycles. The highest BCUT2D eigenvalue weighted by Gasteiger charge is 2.31. The average molecular weight is 549 g/mol. The Morgan fingerprint density at radius 3 is 2.21 bits per heavy atom. The third kappa shape index (κ3) is 7.50. The standard InChI is InChI=1S/C23H28Cl3N3O4S/c1-14(2)27-23(31)16(4)28(12-17-7-9-19(25)20(26)10-17)22(30)13-29(34(5,32)33)21-11-18(24)8-6-15(21)3/h6-11,14,16H,12-13H2,1-5H3,(H,27,31)/t16-/m1/s1. The van der Waals surface area contributed by atoms with Gasteiger partial charge in [0.2, 0.25) is 21.8 Å². The van der Waals surface area contributed by atoms with Gasteiger partial charge in [-0.05, 0) is 63.1 Å². The van der Waals surface area contributed by atoms with Crippen LogP contribution in [0.3, 0.4) is 0 Å². The van der Waals surface area contributed by atoms with Crippen LogP contribution in [0.4, 0.5) is 5.69 Å². The molecule has 0 aromatic heterocycles. The first-order valence-corrected chi connectivity index (χ1v) is 13.5. The fourth-order valence-electron chi connectivity index (χ4n) is 3.27. The molecule has 7 nitrogen and oxygen atoms in total.